The molecule has 0 radical (unpaired) electrons. The SMILES string of the molecule is COC(=O)c1cc([N+](=O)[O-])cc([N+](=O)[O-])c1N1CCNC(C)C1.Cl. The van der Waals surface area contributed by atoms with Crippen LogP contribution < -0.4 is 10.2 Å². The molecule has 1 unspecified atom stereocenters. The monoisotopic (exact) mass is 360 g/mol. The number of non-ortho nitro benzene ring substituents is 1. The number of nitro groups is 2. The van der Waals surface area contributed by atoms with Crippen molar-refractivity contribution in [3.63, 3.8) is 0 Å². The molecule has 1 aliphatic rings. The molecule has 0 bridgehead atoms. The van der Waals surface area contributed by atoms with Crippen LogP contribution in [0.15, 0.2) is 12.1 Å². The number of carbonyl (C=O) groups excluding carboxylic acids is 1. The van der Waals surface area contributed by atoms with E-state index in [0.717, 1.165) is 19.2 Å². The van der Waals surface area contributed by atoms with Gasteiger partial charge in [0.2, 0.25) is 0 Å². The Balaban J connectivity index is 0.00000288. The van der Waals surface area contributed by atoms with Gasteiger partial charge in [0.25, 0.3) is 11.4 Å². The highest BCUT2D eigenvalue weighted by atomic mass is 35.5. The smallest absolute Gasteiger partial charge is 0.340 e. The van der Waals surface area contributed by atoms with Gasteiger partial charge in [0.1, 0.15) is 5.69 Å². The Morgan fingerprint density at radius 1 is 1.33 bits per heavy atom. The van der Waals surface area contributed by atoms with Crippen molar-refractivity contribution >= 4 is 35.4 Å². The average Bonchev–Trinajstić information content (AvgIpc) is 2.52. The quantitative estimate of drug-likeness (QED) is 0.486. The molecule has 1 saturated heterocycles. The van der Waals surface area contributed by atoms with Gasteiger partial charge in [-0.05, 0) is 6.92 Å². The highest BCUT2D eigenvalue weighted by Gasteiger charge is 2.32. The van der Waals surface area contributed by atoms with Crippen LogP contribution in [0.2, 0.25) is 0 Å². The summed E-state index contributed by atoms with van der Waals surface area (Å²) in [4.78, 5) is 34.5. The number of ether oxygens (including phenoxy) is 1. The Hall–Kier alpha value is -2.46. The lowest BCUT2D eigenvalue weighted by atomic mass is 10.1. The van der Waals surface area contributed by atoms with Gasteiger partial charge in [0, 0.05) is 31.7 Å². The first-order valence-electron chi connectivity index (χ1n) is 6.88. The number of nitrogens with one attached hydrogen (secondary N) is 1. The van der Waals surface area contributed by atoms with E-state index in [4.69, 9.17) is 0 Å². The molecular weight excluding hydrogens is 344 g/mol. The van der Waals surface area contributed by atoms with Crippen LogP contribution in [-0.2, 0) is 4.74 Å². The highest BCUT2D eigenvalue weighted by molar-refractivity contribution is 5.99. The molecule has 1 atom stereocenters. The summed E-state index contributed by atoms with van der Waals surface area (Å²) in [6.45, 7) is 3.35. The van der Waals surface area contributed by atoms with Crippen LogP contribution in [0.3, 0.4) is 0 Å². The number of rotatable bonds is 4. The third kappa shape index (κ3) is 3.89. The van der Waals surface area contributed by atoms with Crippen LogP contribution in [-0.4, -0.2) is 48.6 Å². The normalized spacial score (nSPS) is 16.9. The van der Waals surface area contributed by atoms with Gasteiger partial charge in [-0.3, -0.25) is 20.2 Å². The Bertz CT molecular complexity index is 668. The maximum Gasteiger partial charge on any atom is 0.340 e. The van der Waals surface area contributed by atoms with E-state index in [9.17, 15) is 25.0 Å². The summed E-state index contributed by atoms with van der Waals surface area (Å²) in [6.07, 6.45) is 0. The molecule has 0 spiro atoms. The Morgan fingerprint density at radius 2 is 2.00 bits per heavy atom. The van der Waals surface area contributed by atoms with Gasteiger partial charge >= 0.3 is 5.97 Å². The number of esters is 1. The number of anilines is 1. The van der Waals surface area contributed by atoms with Crippen molar-refractivity contribution in [2.45, 2.75) is 13.0 Å². The van der Waals surface area contributed by atoms with Crippen molar-refractivity contribution in [2.75, 3.05) is 31.6 Å². The predicted molar refractivity (Wildman–Crippen MR) is 88.0 cm³/mol. The minimum Gasteiger partial charge on any atom is -0.465 e. The van der Waals surface area contributed by atoms with E-state index in [-0.39, 0.29) is 29.7 Å². The zero-order chi connectivity index (χ0) is 17.1. The number of piperazine rings is 1. The molecule has 1 aromatic carbocycles. The maximum absolute atomic E-state index is 12.0. The lowest BCUT2D eigenvalue weighted by molar-refractivity contribution is -0.393. The maximum atomic E-state index is 12.0. The second kappa shape index (κ2) is 7.88. The van der Waals surface area contributed by atoms with Crippen LogP contribution in [0, 0.1) is 20.2 Å². The fraction of sp³-hybridized carbons (Fsp3) is 0.462. The van der Waals surface area contributed by atoms with Gasteiger partial charge in [0.05, 0.1) is 28.6 Å². The van der Waals surface area contributed by atoms with Crippen molar-refractivity contribution in [3.05, 3.63) is 37.9 Å². The zero-order valence-electron chi connectivity index (χ0n) is 13.1. The molecule has 1 fully saturated rings. The van der Waals surface area contributed by atoms with E-state index in [2.05, 4.69) is 10.1 Å². The molecule has 132 valence electrons. The Labute approximate surface area is 143 Å². The summed E-state index contributed by atoms with van der Waals surface area (Å²) in [5.74, 6) is -0.849. The second-order valence-corrected chi connectivity index (χ2v) is 5.17. The van der Waals surface area contributed by atoms with Crippen LogP contribution >= 0.6 is 12.4 Å². The number of hydrogen-bond donors (Lipinski definition) is 1. The van der Waals surface area contributed by atoms with Crippen molar-refractivity contribution in [2.24, 2.45) is 0 Å². The Kier molecular flexibility index (Phi) is 6.43. The van der Waals surface area contributed by atoms with Crippen molar-refractivity contribution in [1.82, 2.24) is 5.32 Å². The van der Waals surface area contributed by atoms with Crippen LogP contribution in [0.5, 0.6) is 0 Å². The first kappa shape index (κ1) is 19.6. The van der Waals surface area contributed by atoms with E-state index in [0.29, 0.717) is 19.6 Å². The molecule has 0 amide bonds. The number of hydrogen-bond acceptors (Lipinski definition) is 8. The summed E-state index contributed by atoms with van der Waals surface area (Å²) < 4.78 is 4.64. The lowest BCUT2D eigenvalue weighted by Crippen LogP contribution is -2.49. The van der Waals surface area contributed by atoms with Gasteiger partial charge in [-0.15, -0.1) is 12.4 Å². The lowest BCUT2D eigenvalue weighted by Gasteiger charge is -2.34. The molecule has 0 aromatic heterocycles. The van der Waals surface area contributed by atoms with E-state index in [1.165, 1.54) is 0 Å². The van der Waals surface area contributed by atoms with Crippen molar-refractivity contribution < 1.29 is 19.4 Å². The first-order valence-corrected chi connectivity index (χ1v) is 6.88. The first-order chi connectivity index (χ1) is 10.8. The molecule has 11 heteroatoms. The zero-order valence-corrected chi connectivity index (χ0v) is 13.9. The van der Waals surface area contributed by atoms with Crippen LogP contribution in [0.1, 0.15) is 17.3 Å². The van der Waals surface area contributed by atoms with E-state index >= 15 is 0 Å². The molecule has 1 heterocycles. The summed E-state index contributed by atoms with van der Waals surface area (Å²) in [7, 11) is 1.12. The number of methoxy groups -OCH3 is 1. The second-order valence-electron chi connectivity index (χ2n) is 5.17. The third-order valence-electron chi connectivity index (χ3n) is 3.57. The summed E-state index contributed by atoms with van der Waals surface area (Å²) >= 11 is 0. The number of carbonyl (C=O) groups is 1. The van der Waals surface area contributed by atoms with E-state index in [1.807, 2.05) is 6.92 Å². The minimum atomic E-state index is -0.849. The molecular formula is C13H17ClN4O6. The van der Waals surface area contributed by atoms with Gasteiger partial charge in [-0.1, -0.05) is 0 Å². The van der Waals surface area contributed by atoms with Gasteiger partial charge in [-0.2, -0.15) is 0 Å². The Morgan fingerprint density at radius 3 is 2.50 bits per heavy atom. The molecule has 1 aromatic rings. The van der Waals surface area contributed by atoms with Crippen molar-refractivity contribution in [1.29, 1.82) is 0 Å². The standard InChI is InChI=1S/C13H16N4O6.ClH/c1-8-7-15(4-3-14-8)12-10(13(18)23-2)5-9(16(19)20)6-11(12)17(21)22;/h5-6,8,14H,3-4,7H2,1-2H3;1H. The molecule has 24 heavy (non-hydrogen) atoms. The number of benzene rings is 1. The van der Waals surface area contributed by atoms with Gasteiger partial charge < -0.3 is 15.0 Å². The van der Waals surface area contributed by atoms with Gasteiger partial charge in [0.15, 0.2) is 0 Å². The molecule has 2 rings (SSSR count). The summed E-state index contributed by atoms with van der Waals surface area (Å²) in [5.41, 5.74) is -1.12. The average molecular weight is 361 g/mol. The molecule has 0 aliphatic carbocycles. The number of halogens is 1. The number of nitro benzene ring substituents is 2. The molecule has 1 aliphatic heterocycles. The fourth-order valence-electron chi connectivity index (χ4n) is 2.58. The van der Waals surface area contributed by atoms with E-state index in [1.54, 1.807) is 4.90 Å². The fourth-order valence-corrected chi connectivity index (χ4v) is 2.58. The van der Waals surface area contributed by atoms with Gasteiger partial charge in [-0.25, -0.2) is 4.79 Å². The molecule has 0 saturated carbocycles. The summed E-state index contributed by atoms with van der Waals surface area (Å²) in [5, 5.41) is 25.5. The predicted octanol–water partition coefficient (Wildman–Crippen LogP) is 1.51. The molecule has 1 N–H and O–H groups in total. The largest absolute Gasteiger partial charge is 0.465 e. The summed E-state index contributed by atoms with van der Waals surface area (Å²) in [6, 6.07) is 1.94. The third-order valence-corrected chi connectivity index (χ3v) is 3.57. The van der Waals surface area contributed by atoms with Crippen LogP contribution in [0.25, 0.3) is 0 Å². The van der Waals surface area contributed by atoms with E-state index < -0.39 is 27.2 Å². The van der Waals surface area contributed by atoms with Crippen molar-refractivity contribution in [3.8, 4) is 0 Å². The topological polar surface area (TPSA) is 128 Å². The molecule has 10 nitrogen and oxygen atoms in total. The minimum absolute atomic E-state index is 0. The van der Waals surface area contributed by atoms with Crippen LogP contribution in [0.4, 0.5) is 17.1 Å². The highest BCUT2D eigenvalue weighted by Crippen LogP contribution is 2.37. The number of nitrogens with zero attached hydrogens (tertiary/aromatic N) is 3.